The van der Waals surface area contributed by atoms with Crippen molar-refractivity contribution in [2.75, 3.05) is 5.73 Å². The van der Waals surface area contributed by atoms with E-state index in [9.17, 15) is 0 Å². The number of nitrogens with two attached hydrogens (primary N) is 1. The van der Waals surface area contributed by atoms with Crippen LogP contribution in [0.1, 0.15) is 0 Å². The van der Waals surface area contributed by atoms with Crippen molar-refractivity contribution >= 4 is 17.6 Å². The lowest BCUT2D eigenvalue weighted by Gasteiger charge is -2.10. The van der Waals surface area contributed by atoms with E-state index >= 15 is 0 Å². The molecule has 3 heterocycles. The Morgan fingerprint density at radius 3 is 1.93 bits per heavy atom. The van der Waals surface area contributed by atoms with Gasteiger partial charge in [0, 0.05) is 16.0 Å². The van der Waals surface area contributed by atoms with E-state index in [1.807, 2.05) is 23.9 Å². The van der Waals surface area contributed by atoms with Crippen LogP contribution in [0.5, 0.6) is 0 Å². The largest absolute Gasteiger partial charge is 0.384 e. The monoisotopic (exact) mass is 202 g/mol. The van der Waals surface area contributed by atoms with E-state index < -0.39 is 0 Å². The van der Waals surface area contributed by atoms with Gasteiger partial charge in [-0.3, -0.25) is 0 Å². The molecule has 0 amide bonds. The number of nitrogen functional groups attached to an aromatic ring is 1. The summed E-state index contributed by atoms with van der Waals surface area (Å²) in [5.74, 6) is 0.572. The van der Waals surface area contributed by atoms with Crippen LogP contribution in [0, 0.1) is 0 Å². The summed E-state index contributed by atoms with van der Waals surface area (Å²) in [6.45, 7) is 0. The topological polar surface area (TPSA) is 38.9 Å². The summed E-state index contributed by atoms with van der Waals surface area (Å²) in [5.41, 5.74) is 5.25. The maximum absolute atomic E-state index is 5.25. The van der Waals surface area contributed by atoms with Crippen molar-refractivity contribution in [3.8, 4) is 0 Å². The van der Waals surface area contributed by atoms with E-state index in [4.69, 9.17) is 5.73 Å². The molecule has 0 saturated carbocycles. The molecule has 2 nitrogen and oxygen atoms in total. The third-order valence-corrected chi connectivity index (χ3v) is 2.71. The maximum atomic E-state index is 5.25. The Kier molecular flexibility index (Phi) is 2.70. The summed E-state index contributed by atoms with van der Waals surface area (Å²) in [7, 11) is 0. The van der Waals surface area contributed by atoms with Gasteiger partial charge >= 0.3 is 0 Å². The number of pyridine rings is 1. The van der Waals surface area contributed by atoms with E-state index in [2.05, 4.69) is 29.2 Å². The summed E-state index contributed by atoms with van der Waals surface area (Å²) in [4.78, 5) is 6.56. The van der Waals surface area contributed by atoms with Crippen molar-refractivity contribution in [1.29, 1.82) is 0 Å². The average Bonchev–Trinajstić information content (AvgIpc) is 2.20. The Labute approximate surface area is 87.2 Å². The number of fused-ring (bicyclic) bond motifs is 2. The molecule has 1 aromatic heterocycles. The van der Waals surface area contributed by atoms with Gasteiger partial charge in [-0.25, -0.2) is 4.98 Å². The van der Waals surface area contributed by atoms with E-state index in [1.54, 1.807) is 12.3 Å². The molecule has 2 aromatic rings. The summed E-state index contributed by atoms with van der Waals surface area (Å²) < 4.78 is 0. The molecule has 0 atom stereocenters. The first kappa shape index (κ1) is 9.09. The fraction of sp³-hybridized carbons (Fsp3) is 0. The van der Waals surface area contributed by atoms with Crippen LogP contribution in [0.3, 0.4) is 0 Å². The summed E-state index contributed by atoms with van der Waals surface area (Å²) >= 11 is 1.85. The Hall–Kier alpha value is -1.48. The predicted molar refractivity (Wildman–Crippen MR) is 59.2 cm³/mol. The van der Waals surface area contributed by atoms with Gasteiger partial charge in [-0.05, 0) is 30.3 Å². The first-order chi connectivity index (χ1) is 6.84. The van der Waals surface area contributed by atoms with Crippen molar-refractivity contribution in [3.63, 3.8) is 0 Å². The second-order valence-electron chi connectivity index (χ2n) is 2.83. The van der Waals surface area contributed by atoms with E-state index in [0.717, 1.165) is 0 Å². The van der Waals surface area contributed by atoms with Crippen LogP contribution in [0.15, 0.2) is 58.5 Å². The molecule has 2 bridgehead atoms. The van der Waals surface area contributed by atoms with E-state index in [0.29, 0.717) is 5.82 Å². The Morgan fingerprint density at radius 2 is 1.71 bits per heavy atom. The third-order valence-electron chi connectivity index (χ3n) is 1.73. The molecule has 2 aliphatic rings. The molecular formula is C11H10N2S. The fourth-order valence-corrected chi connectivity index (χ4v) is 1.81. The fourth-order valence-electron chi connectivity index (χ4n) is 1.06. The molecule has 0 saturated heterocycles. The number of rotatable bonds is 0. The molecule has 4 rings (SSSR count). The lowest BCUT2D eigenvalue weighted by Crippen LogP contribution is -1.85. The van der Waals surface area contributed by atoms with Gasteiger partial charge in [0.25, 0.3) is 0 Å². The lowest BCUT2D eigenvalue weighted by molar-refractivity contribution is 1.26. The molecule has 0 aliphatic carbocycles. The highest BCUT2D eigenvalue weighted by atomic mass is 32.2. The van der Waals surface area contributed by atoms with Crippen molar-refractivity contribution in [2.24, 2.45) is 0 Å². The van der Waals surface area contributed by atoms with Crippen molar-refractivity contribution in [3.05, 3.63) is 48.7 Å². The highest BCUT2D eigenvalue weighted by molar-refractivity contribution is 8.00. The SMILES string of the molecule is Nc1ccccn1.c1cc2cc(c1)S2. The van der Waals surface area contributed by atoms with Gasteiger partial charge in [0.1, 0.15) is 5.82 Å². The first-order valence-electron chi connectivity index (χ1n) is 4.29. The Morgan fingerprint density at radius 1 is 1.00 bits per heavy atom. The molecule has 2 N–H and O–H groups in total. The van der Waals surface area contributed by atoms with Gasteiger partial charge in [0.15, 0.2) is 0 Å². The molecule has 0 unspecified atom stereocenters. The molecule has 70 valence electrons. The highest BCUT2D eigenvalue weighted by Crippen LogP contribution is 2.37. The van der Waals surface area contributed by atoms with Gasteiger partial charge in [-0.15, -0.1) is 0 Å². The van der Waals surface area contributed by atoms with Crippen LogP contribution in [-0.4, -0.2) is 4.98 Å². The molecule has 0 spiro atoms. The number of benzene rings is 1. The maximum Gasteiger partial charge on any atom is 0.123 e. The van der Waals surface area contributed by atoms with Crippen LogP contribution in [0.4, 0.5) is 5.82 Å². The van der Waals surface area contributed by atoms with E-state index in [1.165, 1.54) is 9.79 Å². The van der Waals surface area contributed by atoms with Gasteiger partial charge in [0.2, 0.25) is 0 Å². The number of aromatic nitrogens is 1. The molecule has 2 aliphatic heterocycles. The standard InChI is InChI=1S/C6H4S.C5H6N2/c1-2-5-4-6(3-1)7-5;6-5-3-1-2-4-7-5/h1-4H;1-4H,(H2,6,7). The quantitative estimate of drug-likeness (QED) is 0.609. The second-order valence-corrected chi connectivity index (χ2v) is 3.98. The summed E-state index contributed by atoms with van der Waals surface area (Å²) in [6.07, 6.45) is 1.66. The van der Waals surface area contributed by atoms with Crippen molar-refractivity contribution < 1.29 is 0 Å². The first-order valence-corrected chi connectivity index (χ1v) is 5.11. The minimum absolute atomic E-state index is 0.572. The van der Waals surface area contributed by atoms with Gasteiger partial charge < -0.3 is 5.73 Å². The smallest absolute Gasteiger partial charge is 0.123 e. The Bertz CT molecular complexity index is 371. The molecule has 0 fully saturated rings. The number of hydrogen-bond donors (Lipinski definition) is 1. The number of anilines is 1. The van der Waals surface area contributed by atoms with Crippen LogP contribution in [-0.2, 0) is 0 Å². The van der Waals surface area contributed by atoms with Gasteiger partial charge in [-0.2, -0.15) is 0 Å². The van der Waals surface area contributed by atoms with E-state index in [-0.39, 0.29) is 0 Å². The van der Waals surface area contributed by atoms with Crippen LogP contribution in [0.25, 0.3) is 0 Å². The highest BCUT2D eigenvalue weighted by Gasteiger charge is 2.05. The number of nitrogens with zero attached hydrogens (tertiary/aromatic N) is 1. The zero-order valence-corrected chi connectivity index (χ0v) is 8.37. The lowest BCUT2D eigenvalue weighted by atomic mass is 10.3. The van der Waals surface area contributed by atoms with Crippen LogP contribution in [0.2, 0.25) is 0 Å². The average molecular weight is 202 g/mol. The Balaban J connectivity index is 0.000000107. The molecule has 1 aromatic carbocycles. The summed E-state index contributed by atoms with van der Waals surface area (Å²) in [6, 6.07) is 13.9. The zero-order valence-electron chi connectivity index (χ0n) is 7.55. The molecule has 14 heavy (non-hydrogen) atoms. The van der Waals surface area contributed by atoms with Gasteiger partial charge in [-0.1, -0.05) is 23.9 Å². The minimum atomic E-state index is 0.572. The second kappa shape index (κ2) is 4.15. The minimum Gasteiger partial charge on any atom is -0.384 e. The van der Waals surface area contributed by atoms with Crippen molar-refractivity contribution in [1.82, 2.24) is 4.98 Å². The number of hydrogen-bond acceptors (Lipinski definition) is 3. The molecule has 0 radical (unpaired) electrons. The van der Waals surface area contributed by atoms with Crippen LogP contribution < -0.4 is 5.73 Å². The third kappa shape index (κ3) is 2.26. The summed E-state index contributed by atoms with van der Waals surface area (Å²) in [5, 5.41) is 0. The van der Waals surface area contributed by atoms with Crippen molar-refractivity contribution in [2.45, 2.75) is 9.79 Å². The van der Waals surface area contributed by atoms with Crippen LogP contribution >= 0.6 is 11.8 Å². The predicted octanol–water partition coefficient (Wildman–Crippen LogP) is 2.82. The zero-order chi connectivity index (χ0) is 9.80. The van der Waals surface area contributed by atoms with Gasteiger partial charge in [0.05, 0.1) is 0 Å². The normalized spacial score (nSPS) is 10.9. The molecular weight excluding hydrogens is 192 g/mol. The molecule has 3 heteroatoms.